The first-order chi connectivity index (χ1) is 14.7. The third-order valence-electron chi connectivity index (χ3n) is 4.38. The molecule has 1 heterocycles. The molecule has 1 amide bonds. The Labute approximate surface area is 179 Å². The van der Waals surface area contributed by atoms with Gasteiger partial charge >= 0.3 is 5.97 Å². The number of carbonyl (C=O) groups excluding carboxylic acids is 2. The number of hydrogen-bond donors (Lipinski definition) is 1. The summed E-state index contributed by atoms with van der Waals surface area (Å²) in [6, 6.07) is 8.16. The van der Waals surface area contributed by atoms with E-state index in [0.717, 1.165) is 6.07 Å². The molecular weight excluding hydrogens is 433 g/mol. The number of anilines is 1. The van der Waals surface area contributed by atoms with Crippen LogP contribution in [0.5, 0.6) is 0 Å². The van der Waals surface area contributed by atoms with Crippen molar-refractivity contribution in [3.8, 4) is 11.3 Å². The molecule has 2 aromatic carbocycles. The molecule has 0 aliphatic heterocycles. The van der Waals surface area contributed by atoms with Crippen molar-refractivity contribution in [3.05, 3.63) is 74.2 Å². The normalized spacial score (nSPS) is 10.6. The molecule has 0 spiro atoms. The van der Waals surface area contributed by atoms with E-state index in [1.54, 1.807) is 0 Å². The zero-order chi connectivity index (χ0) is 22.7. The lowest BCUT2D eigenvalue weighted by atomic mass is 10.1. The highest BCUT2D eigenvalue weighted by atomic mass is 35.5. The van der Waals surface area contributed by atoms with E-state index in [-0.39, 0.29) is 44.5 Å². The van der Waals surface area contributed by atoms with Gasteiger partial charge in [-0.2, -0.15) is 0 Å². The number of nitro benzene ring substituents is 1. The highest BCUT2D eigenvalue weighted by molar-refractivity contribution is 6.33. The van der Waals surface area contributed by atoms with Gasteiger partial charge in [0.2, 0.25) is 0 Å². The molecule has 0 saturated heterocycles. The van der Waals surface area contributed by atoms with Gasteiger partial charge in [0.25, 0.3) is 11.6 Å². The van der Waals surface area contributed by atoms with Gasteiger partial charge in [0.1, 0.15) is 22.8 Å². The Balaban J connectivity index is 1.76. The highest BCUT2D eigenvalue weighted by Crippen LogP contribution is 2.33. The zero-order valence-corrected chi connectivity index (χ0v) is 17.0. The quantitative estimate of drug-likeness (QED) is 0.336. The summed E-state index contributed by atoms with van der Waals surface area (Å²) >= 11 is 6.03. The standard InChI is InChI=1S/C20H15ClFN3O6/c1-10-14(7-4-8-15(10)25(28)29)23-16(26)9-30-20(27)17-11(2)31-24-19(17)18-12(21)5-3-6-13(18)22/h3-8H,9H2,1-2H3,(H,23,26). The molecule has 0 saturated carbocycles. The smallest absolute Gasteiger partial charge is 0.344 e. The summed E-state index contributed by atoms with van der Waals surface area (Å²) in [5.41, 5.74) is -0.174. The molecule has 0 atom stereocenters. The van der Waals surface area contributed by atoms with Crippen LogP contribution in [0.15, 0.2) is 40.9 Å². The summed E-state index contributed by atoms with van der Waals surface area (Å²) in [6.45, 7) is 2.20. The van der Waals surface area contributed by atoms with E-state index in [1.807, 2.05) is 0 Å². The summed E-state index contributed by atoms with van der Waals surface area (Å²) in [5, 5.41) is 17.2. The van der Waals surface area contributed by atoms with E-state index in [9.17, 15) is 24.1 Å². The van der Waals surface area contributed by atoms with Crippen LogP contribution in [0.1, 0.15) is 21.7 Å². The summed E-state index contributed by atoms with van der Waals surface area (Å²) in [5.74, 6) is -2.36. The third-order valence-corrected chi connectivity index (χ3v) is 4.69. The van der Waals surface area contributed by atoms with Gasteiger partial charge in [-0.3, -0.25) is 14.9 Å². The Kier molecular flexibility index (Phi) is 6.30. The van der Waals surface area contributed by atoms with Crippen LogP contribution in [0, 0.1) is 29.8 Å². The fourth-order valence-electron chi connectivity index (χ4n) is 2.85. The molecule has 3 rings (SSSR count). The van der Waals surface area contributed by atoms with Crippen molar-refractivity contribution in [2.45, 2.75) is 13.8 Å². The topological polar surface area (TPSA) is 125 Å². The number of carbonyl (C=O) groups is 2. The van der Waals surface area contributed by atoms with E-state index in [4.69, 9.17) is 20.9 Å². The minimum Gasteiger partial charge on any atom is -0.452 e. The van der Waals surface area contributed by atoms with Gasteiger partial charge in [-0.1, -0.05) is 28.9 Å². The van der Waals surface area contributed by atoms with Crippen molar-refractivity contribution in [3.63, 3.8) is 0 Å². The summed E-state index contributed by atoms with van der Waals surface area (Å²) in [7, 11) is 0. The number of esters is 1. The number of nitrogens with zero attached hydrogens (tertiary/aromatic N) is 2. The average Bonchev–Trinajstić information content (AvgIpc) is 3.08. The monoisotopic (exact) mass is 447 g/mol. The van der Waals surface area contributed by atoms with Crippen LogP contribution in [0.2, 0.25) is 5.02 Å². The lowest BCUT2D eigenvalue weighted by molar-refractivity contribution is -0.385. The van der Waals surface area contributed by atoms with Gasteiger partial charge in [0, 0.05) is 6.07 Å². The molecular formula is C20H15ClFN3O6. The van der Waals surface area contributed by atoms with E-state index in [0.29, 0.717) is 0 Å². The first-order valence-corrected chi connectivity index (χ1v) is 9.20. The third kappa shape index (κ3) is 4.53. The van der Waals surface area contributed by atoms with E-state index in [2.05, 4.69) is 10.5 Å². The molecule has 0 aliphatic rings. The van der Waals surface area contributed by atoms with E-state index >= 15 is 0 Å². The second-order valence-electron chi connectivity index (χ2n) is 6.39. The minimum atomic E-state index is -0.973. The van der Waals surface area contributed by atoms with Crippen molar-refractivity contribution in [1.29, 1.82) is 0 Å². The Morgan fingerprint density at radius 3 is 2.65 bits per heavy atom. The Hall–Kier alpha value is -3.79. The van der Waals surface area contributed by atoms with Gasteiger partial charge in [-0.25, -0.2) is 9.18 Å². The summed E-state index contributed by atoms with van der Waals surface area (Å²) in [6.07, 6.45) is 0. The van der Waals surface area contributed by atoms with Crippen LogP contribution < -0.4 is 5.32 Å². The van der Waals surface area contributed by atoms with Crippen LogP contribution in [0.25, 0.3) is 11.3 Å². The molecule has 3 aromatic rings. The van der Waals surface area contributed by atoms with Crippen LogP contribution in [0.3, 0.4) is 0 Å². The predicted octanol–water partition coefficient (Wildman–Crippen LogP) is 4.45. The Bertz CT molecular complexity index is 1170. The van der Waals surface area contributed by atoms with Crippen molar-refractivity contribution in [1.82, 2.24) is 5.16 Å². The first-order valence-electron chi connectivity index (χ1n) is 8.82. The Morgan fingerprint density at radius 1 is 1.26 bits per heavy atom. The second kappa shape index (κ2) is 8.92. The summed E-state index contributed by atoms with van der Waals surface area (Å²) < 4.78 is 24.2. The molecule has 160 valence electrons. The minimum absolute atomic E-state index is 0.0150. The van der Waals surface area contributed by atoms with Crippen molar-refractivity contribution in [2.75, 3.05) is 11.9 Å². The largest absolute Gasteiger partial charge is 0.452 e. The molecule has 0 unspecified atom stereocenters. The zero-order valence-electron chi connectivity index (χ0n) is 16.3. The van der Waals surface area contributed by atoms with E-state index < -0.39 is 29.2 Å². The summed E-state index contributed by atoms with van der Waals surface area (Å²) in [4.78, 5) is 35.2. The Morgan fingerprint density at radius 2 is 1.97 bits per heavy atom. The maximum absolute atomic E-state index is 14.2. The number of benzene rings is 2. The molecule has 0 radical (unpaired) electrons. The second-order valence-corrected chi connectivity index (χ2v) is 6.80. The van der Waals surface area contributed by atoms with Crippen LogP contribution >= 0.6 is 11.6 Å². The molecule has 1 aromatic heterocycles. The van der Waals surface area contributed by atoms with Crippen molar-refractivity contribution >= 4 is 34.9 Å². The number of ether oxygens (including phenoxy) is 1. The van der Waals surface area contributed by atoms with Crippen molar-refractivity contribution in [2.24, 2.45) is 0 Å². The molecule has 0 aliphatic carbocycles. The van der Waals surface area contributed by atoms with E-state index in [1.165, 1.54) is 44.2 Å². The highest BCUT2D eigenvalue weighted by Gasteiger charge is 2.27. The number of nitro groups is 1. The molecule has 0 fully saturated rings. The van der Waals surface area contributed by atoms with Gasteiger partial charge < -0.3 is 14.6 Å². The lowest BCUT2D eigenvalue weighted by Crippen LogP contribution is -2.22. The molecule has 31 heavy (non-hydrogen) atoms. The predicted molar refractivity (Wildman–Crippen MR) is 108 cm³/mol. The van der Waals surface area contributed by atoms with Crippen molar-refractivity contribution < 1.29 is 28.2 Å². The van der Waals surface area contributed by atoms with Crippen LogP contribution in [-0.2, 0) is 9.53 Å². The number of nitrogens with one attached hydrogen (secondary N) is 1. The number of rotatable bonds is 6. The number of aromatic nitrogens is 1. The lowest BCUT2D eigenvalue weighted by Gasteiger charge is -2.09. The van der Waals surface area contributed by atoms with Gasteiger partial charge in [-0.05, 0) is 32.0 Å². The molecule has 0 bridgehead atoms. The maximum Gasteiger partial charge on any atom is 0.344 e. The molecule has 11 heteroatoms. The molecule has 1 N–H and O–H groups in total. The van der Waals surface area contributed by atoms with Gasteiger partial charge in [0.05, 0.1) is 26.8 Å². The fourth-order valence-corrected chi connectivity index (χ4v) is 3.11. The first kappa shape index (κ1) is 21.9. The number of amides is 1. The number of hydrogen-bond acceptors (Lipinski definition) is 7. The average molecular weight is 448 g/mol. The van der Waals surface area contributed by atoms with Crippen LogP contribution in [0.4, 0.5) is 15.8 Å². The number of aryl methyl sites for hydroxylation is 1. The van der Waals surface area contributed by atoms with Gasteiger partial charge in [-0.15, -0.1) is 0 Å². The maximum atomic E-state index is 14.2. The fraction of sp³-hybridized carbons (Fsp3) is 0.150. The SMILES string of the molecule is Cc1onc(-c2c(F)cccc2Cl)c1C(=O)OCC(=O)Nc1cccc([N+](=O)[O-])c1C. The number of halogens is 2. The molecule has 9 nitrogen and oxygen atoms in total. The van der Waals surface area contributed by atoms with Gasteiger partial charge in [0.15, 0.2) is 6.61 Å². The van der Waals surface area contributed by atoms with Crippen LogP contribution in [-0.4, -0.2) is 28.6 Å².